The van der Waals surface area contributed by atoms with Gasteiger partial charge in [0, 0.05) is 12.5 Å². The third kappa shape index (κ3) is 18.4. The van der Waals surface area contributed by atoms with Crippen LogP contribution in [0.1, 0.15) is 193 Å². The molecular weight excluding hydrogens is 619 g/mol. The molecule has 0 saturated heterocycles. The Morgan fingerprint density at radius 2 is 0.667 bits per heavy atom. The molecule has 0 saturated carbocycles. The van der Waals surface area contributed by atoms with Crippen molar-refractivity contribution in [3.8, 4) is 0 Å². The number of hydrogen-bond acceptors (Lipinski definition) is 6. The van der Waals surface area contributed by atoms with Crippen LogP contribution in [0.25, 0.3) is 0 Å². The molecule has 290 valence electrons. The zero-order valence-corrected chi connectivity index (χ0v) is 35.9. The van der Waals surface area contributed by atoms with Gasteiger partial charge in [-0.25, -0.2) is 0 Å². The van der Waals surface area contributed by atoms with Crippen LogP contribution in [0.2, 0.25) is 6.04 Å². The first-order chi connectivity index (χ1) is 21.6. The molecule has 0 radical (unpaired) electrons. The predicted molar refractivity (Wildman–Crippen MR) is 206 cm³/mol. The lowest BCUT2D eigenvalue weighted by Gasteiger charge is -2.51. The van der Waals surface area contributed by atoms with Crippen LogP contribution < -0.4 is 0 Å². The summed E-state index contributed by atoms with van der Waals surface area (Å²) < 4.78 is 21.5. The smallest absolute Gasteiger partial charge is 0.388 e. The molecule has 0 unspecified atom stereocenters. The lowest BCUT2D eigenvalue weighted by molar-refractivity contribution is -0.890. The van der Waals surface area contributed by atoms with Gasteiger partial charge in [-0.05, 0) is 95.9 Å². The van der Waals surface area contributed by atoms with Crippen LogP contribution in [0.3, 0.4) is 0 Å². The summed E-state index contributed by atoms with van der Waals surface area (Å²) in [4.78, 5) is 0. The van der Waals surface area contributed by atoms with Gasteiger partial charge in [0.25, 0.3) is 0 Å². The van der Waals surface area contributed by atoms with Crippen molar-refractivity contribution in [1.82, 2.24) is 0 Å². The summed E-state index contributed by atoms with van der Waals surface area (Å²) in [5, 5.41) is 33.4. The van der Waals surface area contributed by atoms with Crippen LogP contribution >= 0.6 is 0 Å². The van der Waals surface area contributed by atoms with E-state index >= 15 is 0 Å². The lowest BCUT2D eigenvalue weighted by Crippen LogP contribution is -2.67. The highest BCUT2D eigenvalue weighted by Gasteiger charge is 2.58. The quantitative estimate of drug-likeness (QED) is 0.0408. The van der Waals surface area contributed by atoms with E-state index < -0.39 is 42.4 Å². The van der Waals surface area contributed by atoms with Gasteiger partial charge in [0.15, 0.2) is 0 Å². The Morgan fingerprint density at radius 3 is 0.938 bits per heavy atom. The molecule has 0 atom stereocenters. The molecule has 0 aromatic rings. The highest BCUT2D eigenvalue weighted by atomic mass is 28.4. The highest BCUT2D eigenvalue weighted by Crippen LogP contribution is 2.41. The zero-order chi connectivity index (χ0) is 37.6. The van der Waals surface area contributed by atoms with E-state index in [0.29, 0.717) is 6.04 Å². The maximum absolute atomic E-state index is 11.1. The molecule has 0 aliphatic carbocycles. The fraction of sp³-hybridized carbons (Fsp3) is 1.00. The first-order valence-electron chi connectivity index (χ1n) is 19.7. The molecule has 7 nitrogen and oxygen atoms in total. The van der Waals surface area contributed by atoms with Gasteiger partial charge in [0.1, 0.15) is 0 Å². The second kappa shape index (κ2) is 20.2. The van der Waals surface area contributed by atoms with Crippen molar-refractivity contribution in [2.75, 3.05) is 27.2 Å². The topological polar surface area (TPSA) is 88.4 Å². The van der Waals surface area contributed by atoms with Gasteiger partial charge in [0.05, 0.1) is 60.8 Å². The maximum Gasteiger partial charge on any atom is 0.502 e. The second-order valence-corrected chi connectivity index (χ2v) is 21.1. The SMILES string of the molecule is CCCCCCCCCCCCCCCCC[N+](C)(C)CCC[Si](OC(C)(C)C(C)(C)O)(OC(C)(C)C(C)(C)O)OC(C)(C)C(C)(C)O. The molecule has 0 rings (SSSR count). The first-order valence-corrected chi connectivity index (χ1v) is 21.7. The minimum absolute atomic E-state index is 0.492. The second-order valence-electron chi connectivity index (χ2n) is 18.6. The number of quaternary nitrogens is 1. The van der Waals surface area contributed by atoms with E-state index in [1.807, 2.05) is 41.5 Å². The first kappa shape index (κ1) is 47.9. The van der Waals surface area contributed by atoms with E-state index in [4.69, 9.17) is 13.3 Å². The van der Waals surface area contributed by atoms with Crippen molar-refractivity contribution in [1.29, 1.82) is 0 Å². The van der Waals surface area contributed by atoms with Gasteiger partial charge in [-0.3, -0.25) is 0 Å². The molecule has 0 heterocycles. The minimum atomic E-state index is -3.70. The molecule has 0 fully saturated rings. The van der Waals surface area contributed by atoms with E-state index in [-0.39, 0.29) is 0 Å². The van der Waals surface area contributed by atoms with Crippen LogP contribution in [0.5, 0.6) is 0 Å². The van der Waals surface area contributed by atoms with Crippen LogP contribution in [0, 0.1) is 0 Å². The summed E-state index contributed by atoms with van der Waals surface area (Å²) in [5.74, 6) is 0. The summed E-state index contributed by atoms with van der Waals surface area (Å²) in [6.45, 7) is 25.8. The summed E-state index contributed by atoms with van der Waals surface area (Å²) in [7, 11) is 0.883. The zero-order valence-electron chi connectivity index (χ0n) is 34.9. The summed E-state index contributed by atoms with van der Waals surface area (Å²) in [6, 6.07) is 0.492. The van der Waals surface area contributed by atoms with Gasteiger partial charge >= 0.3 is 8.80 Å². The average molecular weight is 705 g/mol. The van der Waals surface area contributed by atoms with Crippen molar-refractivity contribution in [2.45, 2.75) is 232 Å². The number of rotatable bonds is 29. The van der Waals surface area contributed by atoms with Crippen molar-refractivity contribution in [3.63, 3.8) is 0 Å². The monoisotopic (exact) mass is 705 g/mol. The van der Waals surface area contributed by atoms with E-state index in [0.717, 1.165) is 24.0 Å². The Hall–Kier alpha value is -0.0631. The molecule has 8 heteroatoms. The number of hydrogen-bond donors (Lipinski definition) is 3. The largest absolute Gasteiger partial charge is 0.502 e. The normalized spacial score (nSPS) is 14.6. The molecule has 0 amide bonds. The van der Waals surface area contributed by atoms with E-state index in [2.05, 4.69) is 21.0 Å². The summed E-state index contributed by atoms with van der Waals surface area (Å²) >= 11 is 0. The van der Waals surface area contributed by atoms with E-state index in [1.165, 1.54) is 96.3 Å². The van der Waals surface area contributed by atoms with Crippen molar-refractivity contribution in [3.05, 3.63) is 0 Å². The van der Waals surface area contributed by atoms with Gasteiger partial charge in [-0.1, -0.05) is 90.4 Å². The Bertz CT molecular complexity index is 782. The molecule has 0 aromatic heterocycles. The Kier molecular flexibility index (Phi) is 20.2. The van der Waals surface area contributed by atoms with Gasteiger partial charge in [0.2, 0.25) is 0 Å². The van der Waals surface area contributed by atoms with Crippen LogP contribution in [-0.4, -0.2) is 89.4 Å². The average Bonchev–Trinajstić information content (AvgIpc) is 2.88. The molecule has 48 heavy (non-hydrogen) atoms. The number of aliphatic hydroxyl groups is 3. The van der Waals surface area contributed by atoms with E-state index in [1.54, 1.807) is 41.5 Å². The molecular formula is C40H86NO6Si+. The highest BCUT2D eigenvalue weighted by molar-refractivity contribution is 6.61. The third-order valence-electron chi connectivity index (χ3n) is 11.3. The van der Waals surface area contributed by atoms with Crippen molar-refractivity contribution >= 4 is 8.80 Å². The summed E-state index contributed by atoms with van der Waals surface area (Å²) in [5.41, 5.74) is -6.66. The molecule has 0 aromatic carbocycles. The molecule has 0 aliphatic heterocycles. The molecule has 3 N–H and O–H groups in total. The van der Waals surface area contributed by atoms with Gasteiger partial charge in [-0.2, -0.15) is 0 Å². The molecule has 0 bridgehead atoms. The fourth-order valence-corrected chi connectivity index (χ4v) is 9.61. The Balaban J connectivity index is 5.28. The van der Waals surface area contributed by atoms with E-state index in [9.17, 15) is 15.3 Å². The Labute approximate surface area is 300 Å². The Morgan fingerprint density at radius 1 is 0.417 bits per heavy atom. The van der Waals surface area contributed by atoms with Crippen molar-refractivity contribution in [2.24, 2.45) is 0 Å². The minimum Gasteiger partial charge on any atom is -0.388 e. The third-order valence-corrected chi connectivity index (χ3v) is 14.7. The lowest BCUT2D eigenvalue weighted by atomic mass is 9.90. The standard InChI is InChI=1S/C40H86NO6Si/c1-16-17-18-19-20-21-22-23-24-25-26-27-28-29-30-32-41(14,15)33-31-34-48(45-38(8,9)35(2,3)42,46-39(10,11)36(4,5)43)47-40(12,13)37(6,7)44/h42-44H,16-34H2,1-15H3/q+1. The van der Waals surface area contributed by atoms with Gasteiger partial charge in [-0.15, -0.1) is 0 Å². The van der Waals surface area contributed by atoms with Crippen LogP contribution in [0.15, 0.2) is 0 Å². The van der Waals surface area contributed by atoms with Crippen LogP contribution in [-0.2, 0) is 13.3 Å². The maximum atomic E-state index is 11.1. The molecule has 0 aliphatic rings. The summed E-state index contributed by atoms with van der Waals surface area (Å²) in [6.07, 6.45) is 21.3. The molecule has 0 spiro atoms. The number of unbranched alkanes of at least 4 members (excludes halogenated alkanes) is 14. The number of nitrogens with zero attached hydrogens (tertiary/aromatic N) is 1. The van der Waals surface area contributed by atoms with Crippen LogP contribution in [0.4, 0.5) is 0 Å². The fourth-order valence-electron chi connectivity index (χ4n) is 5.50. The van der Waals surface area contributed by atoms with Crippen molar-refractivity contribution < 1.29 is 33.1 Å². The van der Waals surface area contributed by atoms with Gasteiger partial charge < -0.3 is 33.1 Å². The predicted octanol–water partition coefficient (Wildman–Crippen LogP) is 9.96.